The summed E-state index contributed by atoms with van der Waals surface area (Å²) in [7, 11) is 0. The number of rotatable bonds is 5. The molecule has 4 aromatic rings. The van der Waals surface area contributed by atoms with Crippen LogP contribution in [0.2, 0.25) is 0 Å². The maximum absolute atomic E-state index is 13.3. The van der Waals surface area contributed by atoms with E-state index in [0.29, 0.717) is 23.4 Å². The van der Waals surface area contributed by atoms with Gasteiger partial charge in [0.2, 0.25) is 5.91 Å². The highest BCUT2D eigenvalue weighted by Gasteiger charge is 2.25. The fourth-order valence-electron chi connectivity index (χ4n) is 4.25. The molecular formula is C23H24FN5O. The quantitative estimate of drug-likeness (QED) is 0.474. The fraction of sp³-hybridized carbons (Fsp3) is 0.304. The van der Waals surface area contributed by atoms with Gasteiger partial charge in [-0.2, -0.15) is 0 Å². The van der Waals surface area contributed by atoms with Gasteiger partial charge in [-0.05, 0) is 73.3 Å². The van der Waals surface area contributed by atoms with Crippen molar-refractivity contribution in [1.82, 2.24) is 25.2 Å². The summed E-state index contributed by atoms with van der Waals surface area (Å²) >= 11 is 0. The fourth-order valence-corrected chi connectivity index (χ4v) is 4.25. The summed E-state index contributed by atoms with van der Waals surface area (Å²) in [5, 5.41) is 4.21. The number of piperidine rings is 1. The van der Waals surface area contributed by atoms with Crippen LogP contribution in [-0.4, -0.2) is 38.8 Å². The molecule has 0 radical (unpaired) electrons. The highest BCUT2D eigenvalue weighted by atomic mass is 19.1. The first-order valence-corrected chi connectivity index (χ1v) is 10.3. The molecule has 6 nitrogen and oxygen atoms in total. The summed E-state index contributed by atoms with van der Waals surface area (Å²) in [6.07, 6.45) is 3.66. The lowest BCUT2D eigenvalue weighted by Crippen LogP contribution is -2.40. The number of H-pyrrole nitrogens is 2. The Kier molecular flexibility index (Phi) is 4.96. The number of aromatic nitrogens is 3. The highest BCUT2D eigenvalue weighted by molar-refractivity contribution is 5.80. The zero-order valence-corrected chi connectivity index (χ0v) is 16.6. The standard InChI is InChI=1S/C23H24FN5O/c24-18-2-4-20-21(12-18)28-22(27-20)13-26-23(30)16-6-9-29(10-7-16)14-15-1-3-19-17(11-15)5-8-25-19/h1-5,8,11-12,16,25H,6-7,9-10,13-14H2,(H,26,30)(H,27,28). The molecule has 1 aliphatic rings. The van der Waals surface area contributed by atoms with E-state index in [1.165, 1.54) is 23.1 Å². The van der Waals surface area contributed by atoms with Crippen LogP contribution < -0.4 is 5.32 Å². The van der Waals surface area contributed by atoms with E-state index < -0.39 is 0 Å². The van der Waals surface area contributed by atoms with Crippen molar-refractivity contribution >= 4 is 27.8 Å². The first-order chi connectivity index (χ1) is 14.6. The molecule has 3 N–H and O–H groups in total. The Balaban J connectivity index is 1.12. The lowest BCUT2D eigenvalue weighted by Gasteiger charge is -2.31. The van der Waals surface area contributed by atoms with Crippen LogP contribution in [0.1, 0.15) is 24.2 Å². The van der Waals surface area contributed by atoms with E-state index in [1.54, 1.807) is 6.07 Å². The van der Waals surface area contributed by atoms with Gasteiger partial charge in [-0.15, -0.1) is 0 Å². The van der Waals surface area contributed by atoms with E-state index in [9.17, 15) is 9.18 Å². The second-order valence-corrected chi connectivity index (χ2v) is 8.01. The van der Waals surface area contributed by atoms with Crippen molar-refractivity contribution in [2.24, 2.45) is 5.92 Å². The number of aromatic amines is 2. The van der Waals surface area contributed by atoms with Crippen LogP contribution in [0.25, 0.3) is 21.9 Å². The average molecular weight is 405 g/mol. The van der Waals surface area contributed by atoms with Crippen molar-refractivity contribution in [2.75, 3.05) is 13.1 Å². The lowest BCUT2D eigenvalue weighted by molar-refractivity contribution is -0.126. The van der Waals surface area contributed by atoms with Crippen LogP contribution in [-0.2, 0) is 17.9 Å². The van der Waals surface area contributed by atoms with Crippen molar-refractivity contribution in [3.05, 3.63) is 65.9 Å². The Morgan fingerprint density at radius 1 is 1.13 bits per heavy atom. The average Bonchev–Trinajstić information content (AvgIpc) is 3.38. The van der Waals surface area contributed by atoms with Crippen LogP contribution in [0.15, 0.2) is 48.7 Å². The molecule has 2 aromatic heterocycles. The van der Waals surface area contributed by atoms with Crippen molar-refractivity contribution < 1.29 is 9.18 Å². The number of carbonyl (C=O) groups is 1. The van der Waals surface area contributed by atoms with Crippen LogP contribution >= 0.6 is 0 Å². The van der Waals surface area contributed by atoms with Crippen LogP contribution in [0.5, 0.6) is 0 Å². The van der Waals surface area contributed by atoms with Gasteiger partial charge in [-0.25, -0.2) is 9.37 Å². The SMILES string of the molecule is O=C(NCc1nc2ccc(F)cc2[nH]1)C1CCN(Cc2ccc3[nH]ccc3c2)CC1. The predicted octanol–water partition coefficient (Wildman–Crippen LogP) is 3.71. The summed E-state index contributed by atoms with van der Waals surface area (Å²) in [5.41, 5.74) is 3.80. The number of fused-ring (bicyclic) bond motifs is 2. The maximum Gasteiger partial charge on any atom is 0.223 e. The van der Waals surface area contributed by atoms with Gasteiger partial charge in [0.25, 0.3) is 0 Å². The van der Waals surface area contributed by atoms with Crippen LogP contribution in [0, 0.1) is 11.7 Å². The molecule has 1 aliphatic heterocycles. The van der Waals surface area contributed by atoms with E-state index in [0.717, 1.165) is 38.0 Å². The molecule has 0 atom stereocenters. The molecule has 0 aliphatic carbocycles. The Morgan fingerprint density at radius 2 is 2.00 bits per heavy atom. The third-order valence-electron chi connectivity index (χ3n) is 5.91. The molecule has 1 saturated heterocycles. The topological polar surface area (TPSA) is 76.8 Å². The van der Waals surface area contributed by atoms with E-state index >= 15 is 0 Å². The molecule has 7 heteroatoms. The first-order valence-electron chi connectivity index (χ1n) is 10.3. The first kappa shape index (κ1) is 18.8. The molecule has 1 amide bonds. The molecule has 3 heterocycles. The van der Waals surface area contributed by atoms with E-state index in [2.05, 4.69) is 49.4 Å². The van der Waals surface area contributed by atoms with Crippen molar-refractivity contribution in [1.29, 1.82) is 0 Å². The molecule has 5 rings (SSSR count). The molecule has 1 fully saturated rings. The van der Waals surface area contributed by atoms with Gasteiger partial charge in [0, 0.05) is 24.2 Å². The minimum absolute atomic E-state index is 0.0234. The number of nitrogens with one attached hydrogen (secondary N) is 3. The zero-order chi connectivity index (χ0) is 20.5. The molecule has 2 aromatic carbocycles. The normalized spacial score (nSPS) is 15.8. The van der Waals surface area contributed by atoms with Gasteiger partial charge in [0.05, 0.1) is 17.6 Å². The summed E-state index contributed by atoms with van der Waals surface area (Å²) in [5.74, 6) is 0.424. The number of hydrogen-bond donors (Lipinski definition) is 3. The molecule has 0 spiro atoms. The van der Waals surface area contributed by atoms with E-state index in [1.807, 2.05) is 6.20 Å². The summed E-state index contributed by atoms with van der Waals surface area (Å²) in [4.78, 5) is 25.7. The lowest BCUT2D eigenvalue weighted by atomic mass is 9.95. The minimum atomic E-state index is -0.304. The number of carbonyl (C=O) groups excluding carboxylic acids is 1. The largest absolute Gasteiger partial charge is 0.361 e. The zero-order valence-electron chi connectivity index (χ0n) is 16.6. The third-order valence-corrected chi connectivity index (χ3v) is 5.91. The Labute approximate surface area is 173 Å². The number of halogens is 1. The van der Waals surface area contributed by atoms with Gasteiger partial charge in [0.1, 0.15) is 11.6 Å². The van der Waals surface area contributed by atoms with Gasteiger partial charge in [-0.1, -0.05) is 6.07 Å². The number of imidazole rings is 1. The van der Waals surface area contributed by atoms with Crippen LogP contribution in [0.4, 0.5) is 4.39 Å². The van der Waals surface area contributed by atoms with Gasteiger partial charge in [-0.3, -0.25) is 9.69 Å². The van der Waals surface area contributed by atoms with Crippen molar-refractivity contribution in [3.63, 3.8) is 0 Å². The summed E-state index contributed by atoms with van der Waals surface area (Å²) < 4.78 is 13.3. The van der Waals surface area contributed by atoms with E-state index in [-0.39, 0.29) is 17.6 Å². The number of nitrogens with zero attached hydrogens (tertiary/aromatic N) is 2. The monoisotopic (exact) mass is 405 g/mol. The summed E-state index contributed by atoms with van der Waals surface area (Å²) in [6.45, 7) is 3.05. The van der Waals surface area contributed by atoms with Gasteiger partial charge in [0.15, 0.2) is 0 Å². The van der Waals surface area contributed by atoms with Gasteiger partial charge >= 0.3 is 0 Å². The van der Waals surface area contributed by atoms with Crippen molar-refractivity contribution in [3.8, 4) is 0 Å². The molecule has 0 saturated carbocycles. The molecular weight excluding hydrogens is 381 g/mol. The minimum Gasteiger partial charge on any atom is -0.361 e. The second kappa shape index (κ2) is 7.91. The third kappa shape index (κ3) is 3.93. The van der Waals surface area contributed by atoms with E-state index in [4.69, 9.17) is 0 Å². The molecule has 0 unspecified atom stereocenters. The predicted molar refractivity (Wildman–Crippen MR) is 114 cm³/mol. The molecule has 30 heavy (non-hydrogen) atoms. The Hall–Kier alpha value is -3.19. The number of benzene rings is 2. The van der Waals surface area contributed by atoms with Crippen LogP contribution in [0.3, 0.4) is 0 Å². The number of likely N-dealkylation sites (tertiary alicyclic amines) is 1. The highest BCUT2D eigenvalue weighted by Crippen LogP contribution is 2.21. The molecule has 0 bridgehead atoms. The molecule has 154 valence electrons. The number of hydrogen-bond acceptors (Lipinski definition) is 3. The Morgan fingerprint density at radius 3 is 2.87 bits per heavy atom. The smallest absolute Gasteiger partial charge is 0.223 e. The summed E-state index contributed by atoms with van der Waals surface area (Å²) in [6, 6.07) is 13.0. The Bertz CT molecular complexity index is 1190. The van der Waals surface area contributed by atoms with Gasteiger partial charge < -0.3 is 15.3 Å². The van der Waals surface area contributed by atoms with Crippen molar-refractivity contribution in [2.45, 2.75) is 25.9 Å². The number of amides is 1. The maximum atomic E-state index is 13.3. The second-order valence-electron chi connectivity index (χ2n) is 8.01.